The van der Waals surface area contributed by atoms with Gasteiger partial charge in [-0.05, 0) is 44.0 Å². The van der Waals surface area contributed by atoms with Gasteiger partial charge in [0.25, 0.3) is 0 Å². The maximum atomic E-state index is 12.3. The highest BCUT2D eigenvalue weighted by molar-refractivity contribution is 7.89. The van der Waals surface area contributed by atoms with E-state index in [0.29, 0.717) is 6.42 Å². The normalized spacial score (nSPS) is 19.4. The van der Waals surface area contributed by atoms with Gasteiger partial charge in [-0.1, -0.05) is 0 Å². The number of hydrogen-bond acceptors (Lipinski definition) is 4. The first-order valence-corrected chi connectivity index (χ1v) is 8.39. The van der Waals surface area contributed by atoms with Crippen LogP contribution in [0.3, 0.4) is 0 Å². The number of nitrogens with one attached hydrogen (secondary N) is 1. The van der Waals surface area contributed by atoms with Crippen LogP contribution in [0.2, 0.25) is 0 Å². The zero-order valence-corrected chi connectivity index (χ0v) is 13.3. The first-order valence-electron chi connectivity index (χ1n) is 6.91. The third-order valence-corrected chi connectivity index (χ3v) is 5.21. The van der Waals surface area contributed by atoms with E-state index in [4.69, 9.17) is 5.73 Å². The van der Waals surface area contributed by atoms with Crippen LogP contribution >= 0.6 is 0 Å². The number of amides is 1. The molecule has 1 aromatic carbocycles. The van der Waals surface area contributed by atoms with Crippen LogP contribution in [0, 0.1) is 0 Å². The van der Waals surface area contributed by atoms with E-state index in [1.807, 2.05) is 6.92 Å². The number of benzene rings is 1. The summed E-state index contributed by atoms with van der Waals surface area (Å²) in [4.78, 5) is 13.6. The van der Waals surface area contributed by atoms with Gasteiger partial charge in [0.05, 0.1) is 4.90 Å². The summed E-state index contributed by atoms with van der Waals surface area (Å²) < 4.78 is 27.0. The molecule has 2 rings (SSSR count). The predicted molar refractivity (Wildman–Crippen MR) is 81.6 cm³/mol. The number of carbonyl (C=O) groups excluding carboxylic acids is 1. The molecule has 3 N–H and O–H groups in total. The fraction of sp³-hybridized carbons (Fsp3) is 0.500. The Morgan fingerprint density at radius 3 is 2.76 bits per heavy atom. The Bertz CT molecular complexity index is 657. The maximum absolute atomic E-state index is 12.3. The highest BCUT2D eigenvalue weighted by Crippen LogP contribution is 2.33. The lowest BCUT2D eigenvalue weighted by atomic mass is 10.1. The summed E-state index contributed by atoms with van der Waals surface area (Å²) in [5.41, 5.74) is 7.11. The van der Waals surface area contributed by atoms with E-state index in [0.717, 1.165) is 11.3 Å². The standard InChI is InChI=1S/C14H21N3O3S/c1-9(8-15)16-21(19,20)13-4-5-14-12(7-13)6-10(2)17(14)11(3)18/h4-5,7,9-10,16H,6,8,15H2,1-3H3/t9-,10?/m0/s1. The number of anilines is 1. The number of carbonyl (C=O) groups is 1. The summed E-state index contributed by atoms with van der Waals surface area (Å²) in [6.45, 7) is 5.41. The van der Waals surface area contributed by atoms with E-state index >= 15 is 0 Å². The largest absolute Gasteiger partial charge is 0.329 e. The molecule has 7 heteroatoms. The van der Waals surface area contributed by atoms with E-state index in [9.17, 15) is 13.2 Å². The van der Waals surface area contributed by atoms with Gasteiger partial charge in [0.1, 0.15) is 0 Å². The highest BCUT2D eigenvalue weighted by atomic mass is 32.2. The molecule has 1 heterocycles. The molecule has 0 fully saturated rings. The summed E-state index contributed by atoms with van der Waals surface area (Å²) in [5, 5.41) is 0. The topological polar surface area (TPSA) is 92.5 Å². The van der Waals surface area contributed by atoms with Crippen molar-refractivity contribution in [2.75, 3.05) is 11.4 Å². The van der Waals surface area contributed by atoms with Crippen molar-refractivity contribution in [3.63, 3.8) is 0 Å². The second-order valence-electron chi connectivity index (χ2n) is 5.49. The molecule has 1 aliphatic heterocycles. The summed E-state index contributed by atoms with van der Waals surface area (Å²) in [7, 11) is -3.58. The minimum atomic E-state index is -3.58. The molecule has 6 nitrogen and oxygen atoms in total. The number of rotatable bonds is 4. The zero-order valence-electron chi connectivity index (χ0n) is 12.5. The van der Waals surface area contributed by atoms with Gasteiger partial charge in [0.2, 0.25) is 15.9 Å². The molecule has 21 heavy (non-hydrogen) atoms. The summed E-state index contributed by atoms with van der Waals surface area (Å²) >= 11 is 0. The number of hydrogen-bond donors (Lipinski definition) is 2. The monoisotopic (exact) mass is 311 g/mol. The van der Waals surface area contributed by atoms with E-state index < -0.39 is 10.0 Å². The van der Waals surface area contributed by atoms with Crippen molar-refractivity contribution in [1.82, 2.24) is 4.72 Å². The highest BCUT2D eigenvalue weighted by Gasteiger charge is 2.30. The van der Waals surface area contributed by atoms with Gasteiger partial charge in [-0.15, -0.1) is 0 Å². The number of nitrogens with zero attached hydrogens (tertiary/aromatic N) is 1. The van der Waals surface area contributed by atoms with Crippen molar-refractivity contribution in [1.29, 1.82) is 0 Å². The van der Waals surface area contributed by atoms with Crippen LogP contribution in [0.15, 0.2) is 23.1 Å². The van der Waals surface area contributed by atoms with E-state index in [1.165, 1.54) is 13.0 Å². The van der Waals surface area contributed by atoms with Crippen LogP contribution in [0.5, 0.6) is 0 Å². The molecular weight excluding hydrogens is 290 g/mol. The molecule has 2 atom stereocenters. The molecule has 1 aromatic rings. The van der Waals surface area contributed by atoms with Crippen molar-refractivity contribution in [3.05, 3.63) is 23.8 Å². The zero-order chi connectivity index (χ0) is 15.8. The van der Waals surface area contributed by atoms with Gasteiger partial charge in [0.15, 0.2) is 0 Å². The molecule has 0 aliphatic carbocycles. The SMILES string of the molecule is CC(=O)N1c2ccc(S(=O)(=O)N[C@@H](C)CN)cc2CC1C. The fourth-order valence-electron chi connectivity index (χ4n) is 2.64. The van der Waals surface area contributed by atoms with Gasteiger partial charge in [-0.3, -0.25) is 4.79 Å². The fourth-order valence-corrected chi connectivity index (χ4v) is 3.94. The molecule has 0 spiro atoms. The van der Waals surface area contributed by atoms with Crippen molar-refractivity contribution in [2.45, 2.75) is 44.2 Å². The molecule has 1 unspecified atom stereocenters. The summed E-state index contributed by atoms with van der Waals surface area (Å²) in [5.74, 6) is -0.0354. The quantitative estimate of drug-likeness (QED) is 0.852. The van der Waals surface area contributed by atoms with Gasteiger partial charge in [-0.2, -0.15) is 0 Å². The Balaban J connectivity index is 2.36. The maximum Gasteiger partial charge on any atom is 0.240 e. The number of fused-ring (bicyclic) bond motifs is 1. The molecule has 0 saturated carbocycles. The molecule has 0 radical (unpaired) electrons. The van der Waals surface area contributed by atoms with E-state index in [1.54, 1.807) is 24.0 Å². The van der Waals surface area contributed by atoms with Crippen LogP contribution in [0.1, 0.15) is 26.3 Å². The van der Waals surface area contributed by atoms with Crippen LogP contribution in [0.25, 0.3) is 0 Å². The Hall–Kier alpha value is -1.44. The first kappa shape index (κ1) is 15.9. The Morgan fingerprint density at radius 2 is 2.19 bits per heavy atom. The van der Waals surface area contributed by atoms with Crippen molar-refractivity contribution in [2.24, 2.45) is 5.73 Å². The Morgan fingerprint density at radius 1 is 1.52 bits per heavy atom. The third kappa shape index (κ3) is 3.09. The molecule has 116 valence electrons. The minimum Gasteiger partial charge on any atom is -0.329 e. The van der Waals surface area contributed by atoms with Crippen molar-refractivity contribution >= 4 is 21.6 Å². The van der Waals surface area contributed by atoms with E-state index in [2.05, 4.69) is 4.72 Å². The van der Waals surface area contributed by atoms with Gasteiger partial charge in [0, 0.05) is 31.2 Å². The molecule has 1 aliphatic rings. The van der Waals surface area contributed by atoms with Crippen LogP contribution in [-0.4, -0.2) is 33.0 Å². The van der Waals surface area contributed by atoms with Crippen molar-refractivity contribution < 1.29 is 13.2 Å². The van der Waals surface area contributed by atoms with Gasteiger partial charge < -0.3 is 10.6 Å². The lowest BCUT2D eigenvalue weighted by Gasteiger charge is -2.20. The second-order valence-corrected chi connectivity index (χ2v) is 7.20. The number of sulfonamides is 1. The minimum absolute atomic E-state index is 0.0354. The summed E-state index contributed by atoms with van der Waals surface area (Å²) in [6.07, 6.45) is 0.657. The molecule has 1 amide bonds. The van der Waals surface area contributed by atoms with Crippen LogP contribution in [-0.2, 0) is 21.2 Å². The molecule has 0 aromatic heterocycles. The van der Waals surface area contributed by atoms with Crippen LogP contribution < -0.4 is 15.4 Å². The average molecular weight is 311 g/mol. The van der Waals surface area contributed by atoms with Gasteiger partial charge in [-0.25, -0.2) is 13.1 Å². The Labute approximate surface area is 125 Å². The number of nitrogens with two attached hydrogens (primary N) is 1. The predicted octanol–water partition coefficient (Wildman–Crippen LogP) is 0.610. The lowest BCUT2D eigenvalue weighted by Crippen LogP contribution is -2.37. The first-order chi connectivity index (χ1) is 9.76. The van der Waals surface area contributed by atoms with Crippen molar-refractivity contribution in [3.8, 4) is 0 Å². The Kier molecular flexibility index (Phi) is 4.36. The smallest absolute Gasteiger partial charge is 0.240 e. The van der Waals surface area contributed by atoms with Crippen LogP contribution in [0.4, 0.5) is 5.69 Å². The average Bonchev–Trinajstić information content (AvgIpc) is 2.72. The molecular formula is C14H21N3O3S. The van der Waals surface area contributed by atoms with E-state index in [-0.39, 0.29) is 29.4 Å². The molecule has 0 saturated heterocycles. The second kappa shape index (κ2) is 5.75. The van der Waals surface area contributed by atoms with Gasteiger partial charge >= 0.3 is 0 Å². The summed E-state index contributed by atoms with van der Waals surface area (Å²) in [6, 6.07) is 4.59. The third-order valence-electron chi connectivity index (χ3n) is 3.63. The molecule has 0 bridgehead atoms. The lowest BCUT2D eigenvalue weighted by molar-refractivity contribution is -0.116.